The number of aromatic nitrogens is 2. The second kappa shape index (κ2) is 11.4. The molecule has 0 radical (unpaired) electrons. The van der Waals surface area contributed by atoms with E-state index in [0.29, 0.717) is 24.5 Å². The van der Waals surface area contributed by atoms with Gasteiger partial charge in [-0.25, -0.2) is 4.98 Å². The Hall–Kier alpha value is -3.02. The molecule has 0 bridgehead atoms. The Labute approximate surface area is 184 Å². The molecule has 1 N–H and O–H groups in total. The second-order valence-corrected chi connectivity index (χ2v) is 7.70. The quantitative estimate of drug-likeness (QED) is 0.435. The SMILES string of the molecule is CCCCCn1c(CCCNC(=O)Cc2ccc(OC)c(OC)c2)nc2ccccc21. The number of methoxy groups -OCH3 is 2. The number of benzene rings is 2. The molecule has 0 aliphatic carbocycles. The summed E-state index contributed by atoms with van der Waals surface area (Å²) in [6.07, 6.45) is 5.60. The summed E-state index contributed by atoms with van der Waals surface area (Å²) in [6, 6.07) is 13.9. The fourth-order valence-electron chi connectivity index (χ4n) is 3.80. The van der Waals surface area contributed by atoms with Gasteiger partial charge in [-0.1, -0.05) is 38.0 Å². The van der Waals surface area contributed by atoms with E-state index in [4.69, 9.17) is 14.5 Å². The van der Waals surface area contributed by atoms with Crippen LogP contribution in [0.2, 0.25) is 0 Å². The molecular formula is C25H33N3O3. The van der Waals surface area contributed by atoms with Crippen LogP contribution in [-0.4, -0.2) is 36.2 Å². The first-order valence-corrected chi connectivity index (χ1v) is 11.1. The number of amides is 1. The van der Waals surface area contributed by atoms with E-state index in [1.165, 1.54) is 18.4 Å². The van der Waals surface area contributed by atoms with Crippen LogP contribution in [0.3, 0.4) is 0 Å². The van der Waals surface area contributed by atoms with Crippen LogP contribution >= 0.6 is 0 Å². The van der Waals surface area contributed by atoms with Crippen LogP contribution in [0.15, 0.2) is 42.5 Å². The van der Waals surface area contributed by atoms with E-state index in [1.807, 2.05) is 24.3 Å². The smallest absolute Gasteiger partial charge is 0.224 e. The van der Waals surface area contributed by atoms with Crippen molar-refractivity contribution >= 4 is 16.9 Å². The largest absolute Gasteiger partial charge is 0.493 e. The molecule has 1 aromatic heterocycles. The Morgan fingerprint density at radius 1 is 1.03 bits per heavy atom. The van der Waals surface area contributed by atoms with E-state index >= 15 is 0 Å². The van der Waals surface area contributed by atoms with Gasteiger partial charge in [0.15, 0.2) is 11.5 Å². The highest BCUT2D eigenvalue weighted by molar-refractivity contribution is 5.78. The van der Waals surface area contributed by atoms with Crippen molar-refractivity contribution in [2.24, 2.45) is 0 Å². The summed E-state index contributed by atoms with van der Waals surface area (Å²) in [5.74, 6) is 2.40. The van der Waals surface area contributed by atoms with Crippen molar-refractivity contribution in [2.75, 3.05) is 20.8 Å². The van der Waals surface area contributed by atoms with E-state index in [-0.39, 0.29) is 5.91 Å². The lowest BCUT2D eigenvalue weighted by atomic mass is 10.1. The molecule has 166 valence electrons. The molecule has 3 aromatic rings. The van der Waals surface area contributed by atoms with Crippen molar-refractivity contribution < 1.29 is 14.3 Å². The third-order valence-electron chi connectivity index (χ3n) is 5.43. The Morgan fingerprint density at radius 2 is 1.84 bits per heavy atom. The number of nitrogens with zero attached hydrogens (tertiary/aromatic N) is 2. The Kier molecular flexibility index (Phi) is 8.33. The van der Waals surface area contributed by atoms with Crippen molar-refractivity contribution in [3.05, 3.63) is 53.9 Å². The fraction of sp³-hybridized carbons (Fsp3) is 0.440. The molecule has 0 aliphatic rings. The first-order chi connectivity index (χ1) is 15.2. The molecule has 6 nitrogen and oxygen atoms in total. The summed E-state index contributed by atoms with van der Waals surface area (Å²) >= 11 is 0. The highest BCUT2D eigenvalue weighted by atomic mass is 16.5. The number of ether oxygens (including phenoxy) is 2. The van der Waals surface area contributed by atoms with Crippen LogP contribution in [0.5, 0.6) is 11.5 Å². The fourth-order valence-corrected chi connectivity index (χ4v) is 3.80. The number of carbonyl (C=O) groups excluding carboxylic acids is 1. The summed E-state index contributed by atoms with van der Waals surface area (Å²) in [6.45, 7) is 3.84. The van der Waals surface area contributed by atoms with Gasteiger partial charge in [-0.2, -0.15) is 0 Å². The number of rotatable bonds is 12. The first kappa shape index (κ1) is 22.7. The van der Waals surface area contributed by atoms with Gasteiger partial charge >= 0.3 is 0 Å². The van der Waals surface area contributed by atoms with Gasteiger partial charge in [-0.3, -0.25) is 4.79 Å². The van der Waals surface area contributed by atoms with Crippen molar-refractivity contribution in [3.63, 3.8) is 0 Å². The average molecular weight is 424 g/mol. The summed E-state index contributed by atoms with van der Waals surface area (Å²) in [7, 11) is 3.19. The molecule has 0 atom stereocenters. The minimum absolute atomic E-state index is 0.00340. The second-order valence-electron chi connectivity index (χ2n) is 7.70. The maximum Gasteiger partial charge on any atom is 0.224 e. The number of carbonyl (C=O) groups is 1. The van der Waals surface area contributed by atoms with E-state index in [1.54, 1.807) is 14.2 Å². The number of aryl methyl sites for hydroxylation is 2. The number of imidazole rings is 1. The van der Waals surface area contributed by atoms with Crippen LogP contribution in [0.1, 0.15) is 44.0 Å². The van der Waals surface area contributed by atoms with Crippen molar-refractivity contribution in [2.45, 2.75) is 52.0 Å². The summed E-state index contributed by atoms with van der Waals surface area (Å²) in [5, 5.41) is 3.02. The van der Waals surface area contributed by atoms with Crippen LogP contribution in [-0.2, 0) is 24.2 Å². The molecule has 1 amide bonds. The Bertz CT molecular complexity index is 997. The van der Waals surface area contributed by atoms with Crippen molar-refractivity contribution in [3.8, 4) is 11.5 Å². The van der Waals surface area contributed by atoms with Crippen LogP contribution < -0.4 is 14.8 Å². The highest BCUT2D eigenvalue weighted by Crippen LogP contribution is 2.27. The zero-order valence-electron chi connectivity index (χ0n) is 18.8. The highest BCUT2D eigenvalue weighted by Gasteiger charge is 2.11. The third-order valence-corrected chi connectivity index (χ3v) is 5.43. The van der Waals surface area contributed by atoms with E-state index in [0.717, 1.165) is 42.7 Å². The normalized spacial score (nSPS) is 10.9. The molecule has 0 spiro atoms. The van der Waals surface area contributed by atoms with Gasteiger partial charge in [-0.05, 0) is 42.7 Å². The number of fused-ring (bicyclic) bond motifs is 1. The number of para-hydroxylation sites is 2. The van der Waals surface area contributed by atoms with Crippen LogP contribution in [0.4, 0.5) is 0 Å². The minimum Gasteiger partial charge on any atom is -0.493 e. The number of unbranched alkanes of at least 4 members (excludes halogenated alkanes) is 2. The van der Waals surface area contributed by atoms with Gasteiger partial charge in [0, 0.05) is 19.5 Å². The van der Waals surface area contributed by atoms with E-state index in [9.17, 15) is 4.79 Å². The van der Waals surface area contributed by atoms with Crippen LogP contribution in [0, 0.1) is 0 Å². The molecule has 0 saturated carbocycles. The lowest BCUT2D eigenvalue weighted by Crippen LogP contribution is -2.26. The molecular weight excluding hydrogens is 390 g/mol. The van der Waals surface area contributed by atoms with Gasteiger partial charge in [0.05, 0.1) is 31.7 Å². The van der Waals surface area contributed by atoms with Gasteiger partial charge in [0.2, 0.25) is 5.91 Å². The first-order valence-electron chi connectivity index (χ1n) is 11.1. The monoisotopic (exact) mass is 423 g/mol. The zero-order valence-corrected chi connectivity index (χ0v) is 18.8. The predicted molar refractivity (Wildman–Crippen MR) is 124 cm³/mol. The average Bonchev–Trinajstić information content (AvgIpc) is 3.14. The van der Waals surface area contributed by atoms with E-state index in [2.05, 4.69) is 35.0 Å². The molecule has 0 saturated heterocycles. The maximum absolute atomic E-state index is 12.4. The zero-order chi connectivity index (χ0) is 22.1. The van der Waals surface area contributed by atoms with Gasteiger partial charge in [-0.15, -0.1) is 0 Å². The Balaban J connectivity index is 1.53. The lowest BCUT2D eigenvalue weighted by Gasteiger charge is -2.11. The molecule has 1 heterocycles. The Morgan fingerprint density at radius 3 is 2.61 bits per heavy atom. The number of nitrogens with one attached hydrogen (secondary N) is 1. The molecule has 2 aromatic carbocycles. The van der Waals surface area contributed by atoms with Gasteiger partial charge < -0.3 is 19.4 Å². The molecule has 31 heavy (non-hydrogen) atoms. The van der Waals surface area contributed by atoms with Gasteiger partial charge in [0.25, 0.3) is 0 Å². The molecule has 0 aliphatic heterocycles. The summed E-state index contributed by atoms with van der Waals surface area (Å²) < 4.78 is 12.9. The molecule has 0 fully saturated rings. The predicted octanol–water partition coefficient (Wildman–Crippen LogP) is 4.54. The maximum atomic E-state index is 12.4. The van der Waals surface area contributed by atoms with Gasteiger partial charge in [0.1, 0.15) is 5.82 Å². The molecule has 6 heteroatoms. The number of hydrogen-bond acceptors (Lipinski definition) is 4. The molecule has 3 rings (SSSR count). The van der Waals surface area contributed by atoms with E-state index < -0.39 is 0 Å². The summed E-state index contributed by atoms with van der Waals surface area (Å²) in [5.41, 5.74) is 3.14. The summed E-state index contributed by atoms with van der Waals surface area (Å²) in [4.78, 5) is 17.2. The standard InChI is InChI=1S/C25H33N3O3/c1-4-5-8-16-28-21-11-7-6-10-20(21)27-24(28)12-9-15-26-25(29)18-19-13-14-22(30-2)23(17-19)31-3/h6-7,10-11,13-14,17H,4-5,8-9,12,15-16,18H2,1-3H3,(H,26,29). The van der Waals surface area contributed by atoms with Crippen LogP contribution in [0.25, 0.3) is 11.0 Å². The third kappa shape index (κ3) is 6.00. The molecule has 0 unspecified atom stereocenters. The van der Waals surface area contributed by atoms with Crippen molar-refractivity contribution in [1.29, 1.82) is 0 Å². The minimum atomic E-state index is 0.00340. The van der Waals surface area contributed by atoms with Crippen molar-refractivity contribution in [1.82, 2.24) is 14.9 Å². The topological polar surface area (TPSA) is 65.4 Å². The number of hydrogen-bond donors (Lipinski definition) is 1. The lowest BCUT2D eigenvalue weighted by molar-refractivity contribution is -0.120.